The summed E-state index contributed by atoms with van der Waals surface area (Å²) in [5.41, 5.74) is 14.7. The molecular weight excluding hydrogens is 721 g/mol. The third-order valence-electron chi connectivity index (χ3n) is 9.27. The molecule has 57 heavy (non-hydrogen) atoms. The van der Waals surface area contributed by atoms with Crippen molar-refractivity contribution in [2.45, 2.75) is 97.3 Å². The van der Waals surface area contributed by atoms with E-state index in [0.717, 1.165) is 30.4 Å². The summed E-state index contributed by atoms with van der Waals surface area (Å²) < 4.78 is 0. The lowest BCUT2D eigenvalue weighted by atomic mass is 9.86. The summed E-state index contributed by atoms with van der Waals surface area (Å²) in [5.74, 6) is -2.11. The molecule has 0 radical (unpaired) electrons. The maximum Gasteiger partial charge on any atom is 0.269 e. The number of unbranched alkanes of at least 4 members (excludes halogenated alkanes) is 4. The molecule has 0 aliphatic heterocycles. The zero-order valence-corrected chi connectivity index (χ0v) is 33.6. The van der Waals surface area contributed by atoms with Gasteiger partial charge in [0.25, 0.3) is 23.6 Å². The van der Waals surface area contributed by atoms with Gasteiger partial charge >= 0.3 is 0 Å². The van der Waals surface area contributed by atoms with Crippen molar-refractivity contribution in [3.8, 4) is 0 Å². The average Bonchev–Trinajstić information content (AvgIpc) is 3.18. The summed E-state index contributed by atoms with van der Waals surface area (Å²) >= 11 is 0. The van der Waals surface area contributed by atoms with E-state index >= 15 is 0 Å². The Labute approximate surface area is 334 Å². The minimum Gasteiger partial charge on any atom is -0.322 e. The van der Waals surface area contributed by atoms with E-state index in [1.54, 1.807) is 72.8 Å². The molecule has 0 atom stereocenters. The molecular formula is C45H54N6O6. The largest absolute Gasteiger partial charge is 0.322 e. The maximum atomic E-state index is 12.6. The van der Waals surface area contributed by atoms with E-state index in [1.165, 1.54) is 0 Å². The standard InChI is InChI=1S/C45H54N6O6/c1-44(2,3)34-22-14-30(15-23-34)40(54)46-36-26-18-32(19-27-36)42(56)50-48-38(52)12-10-8-7-9-11-13-39(53)49-51-43(57)33-20-28-37(29-21-33)47-41(55)31-16-24-35(25-17-31)45(4,5)6/h14-29H,7-13H2,1-6H3,(H,46,54)(H,47,55)(H,48,52)(H,49,53)(H,50,56)(H,51,57). The minimum absolute atomic E-state index is 0.0116. The third kappa shape index (κ3) is 14.1. The topological polar surface area (TPSA) is 175 Å². The highest BCUT2D eigenvalue weighted by Gasteiger charge is 2.17. The number of benzene rings is 4. The van der Waals surface area contributed by atoms with Gasteiger partial charge in [0.15, 0.2) is 0 Å². The van der Waals surface area contributed by atoms with Crippen LogP contribution in [0.4, 0.5) is 11.4 Å². The molecule has 0 aliphatic carbocycles. The highest BCUT2D eigenvalue weighted by Crippen LogP contribution is 2.24. The van der Waals surface area contributed by atoms with Crippen LogP contribution in [0.15, 0.2) is 97.1 Å². The Kier molecular flexibility index (Phi) is 15.3. The Morgan fingerprint density at radius 3 is 0.965 bits per heavy atom. The minimum atomic E-state index is -0.481. The van der Waals surface area contributed by atoms with E-state index in [9.17, 15) is 28.8 Å². The van der Waals surface area contributed by atoms with Gasteiger partial charge in [-0.2, -0.15) is 0 Å². The second-order valence-electron chi connectivity index (χ2n) is 16.0. The summed E-state index contributed by atoms with van der Waals surface area (Å²) in [5, 5.41) is 5.65. The highest BCUT2D eigenvalue weighted by molar-refractivity contribution is 6.05. The highest BCUT2D eigenvalue weighted by atomic mass is 16.2. The Morgan fingerprint density at radius 2 is 0.649 bits per heavy atom. The number of hydrogen-bond donors (Lipinski definition) is 6. The first-order valence-electron chi connectivity index (χ1n) is 19.2. The summed E-state index contributed by atoms with van der Waals surface area (Å²) in [6.07, 6.45) is 4.05. The number of nitrogens with one attached hydrogen (secondary N) is 6. The van der Waals surface area contributed by atoms with Crippen molar-refractivity contribution >= 4 is 46.8 Å². The Hall–Kier alpha value is -6.30. The van der Waals surface area contributed by atoms with Crippen LogP contribution in [-0.2, 0) is 20.4 Å². The number of anilines is 2. The van der Waals surface area contributed by atoms with Gasteiger partial charge in [0.05, 0.1) is 0 Å². The molecule has 0 fully saturated rings. The SMILES string of the molecule is CC(C)(C)c1ccc(C(=O)Nc2ccc(C(=O)NNC(=O)CCCCCCCC(=O)NNC(=O)c3ccc(NC(=O)c4ccc(C(C)(C)C)cc4)cc3)cc2)cc1. The van der Waals surface area contributed by atoms with Gasteiger partial charge < -0.3 is 10.6 Å². The molecule has 0 heterocycles. The van der Waals surface area contributed by atoms with Crippen LogP contribution in [0.5, 0.6) is 0 Å². The molecule has 0 aliphatic rings. The van der Waals surface area contributed by atoms with Gasteiger partial charge in [0.1, 0.15) is 0 Å². The van der Waals surface area contributed by atoms with E-state index in [2.05, 4.69) is 73.9 Å². The number of hydrogen-bond acceptors (Lipinski definition) is 6. The van der Waals surface area contributed by atoms with Gasteiger partial charge in [-0.25, -0.2) is 0 Å². The van der Waals surface area contributed by atoms with Gasteiger partial charge in [-0.05, 0) is 108 Å². The lowest BCUT2D eigenvalue weighted by molar-refractivity contribution is -0.122. The van der Waals surface area contributed by atoms with Crippen LogP contribution >= 0.6 is 0 Å². The van der Waals surface area contributed by atoms with E-state index in [-0.39, 0.29) is 47.3 Å². The van der Waals surface area contributed by atoms with E-state index in [4.69, 9.17) is 0 Å². The quantitative estimate of drug-likeness (QED) is 0.0565. The van der Waals surface area contributed by atoms with Crippen molar-refractivity contribution in [3.05, 3.63) is 130 Å². The third-order valence-corrected chi connectivity index (χ3v) is 9.27. The van der Waals surface area contributed by atoms with Gasteiger partial charge in [0.2, 0.25) is 11.8 Å². The van der Waals surface area contributed by atoms with Gasteiger partial charge in [-0.3, -0.25) is 50.5 Å². The molecule has 0 saturated heterocycles. The fourth-order valence-corrected chi connectivity index (χ4v) is 5.68. The molecule has 0 unspecified atom stereocenters. The zero-order valence-electron chi connectivity index (χ0n) is 33.6. The van der Waals surface area contributed by atoms with E-state index in [0.29, 0.717) is 46.5 Å². The number of amides is 6. The monoisotopic (exact) mass is 774 g/mol. The number of carbonyl (C=O) groups excluding carboxylic acids is 6. The van der Waals surface area contributed by atoms with Crippen LogP contribution in [0, 0.1) is 0 Å². The maximum absolute atomic E-state index is 12.6. The fraction of sp³-hybridized carbons (Fsp3) is 0.333. The molecule has 4 rings (SSSR count). The Morgan fingerprint density at radius 1 is 0.368 bits per heavy atom. The van der Waals surface area contributed by atoms with Crippen LogP contribution in [0.1, 0.15) is 139 Å². The van der Waals surface area contributed by atoms with Crippen molar-refractivity contribution in [2.75, 3.05) is 10.6 Å². The molecule has 300 valence electrons. The lowest BCUT2D eigenvalue weighted by Gasteiger charge is -2.19. The number of rotatable bonds is 14. The van der Waals surface area contributed by atoms with E-state index < -0.39 is 11.8 Å². The molecule has 12 nitrogen and oxygen atoms in total. The molecule has 4 aromatic carbocycles. The van der Waals surface area contributed by atoms with E-state index in [1.807, 2.05) is 24.3 Å². The van der Waals surface area contributed by atoms with Crippen LogP contribution in [-0.4, -0.2) is 35.4 Å². The second kappa shape index (κ2) is 20.0. The normalized spacial score (nSPS) is 11.2. The second-order valence-corrected chi connectivity index (χ2v) is 16.0. The van der Waals surface area contributed by atoms with Crippen LogP contribution < -0.4 is 32.3 Å². The van der Waals surface area contributed by atoms with Gasteiger partial charge in [-0.1, -0.05) is 85.1 Å². The van der Waals surface area contributed by atoms with Crippen molar-refractivity contribution in [2.24, 2.45) is 0 Å². The first kappa shape index (κ1) is 43.4. The first-order chi connectivity index (χ1) is 27.0. The molecule has 6 N–H and O–H groups in total. The fourth-order valence-electron chi connectivity index (χ4n) is 5.68. The molecule has 0 spiro atoms. The van der Waals surface area contributed by atoms with Crippen molar-refractivity contribution in [1.29, 1.82) is 0 Å². The molecule has 0 aromatic heterocycles. The summed E-state index contributed by atoms with van der Waals surface area (Å²) in [4.78, 5) is 74.8. The van der Waals surface area contributed by atoms with Gasteiger partial charge in [-0.15, -0.1) is 0 Å². The van der Waals surface area contributed by atoms with Crippen molar-refractivity contribution in [1.82, 2.24) is 21.7 Å². The smallest absolute Gasteiger partial charge is 0.269 e. The predicted octanol–water partition coefficient (Wildman–Crippen LogP) is 7.74. The molecule has 4 aromatic rings. The Balaban J connectivity index is 1.03. The molecule has 0 bridgehead atoms. The molecule has 12 heteroatoms. The van der Waals surface area contributed by atoms with Crippen LogP contribution in [0.2, 0.25) is 0 Å². The average molecular weight is 775 g/mol. The van der Waals surface area contributed by atoms with Gasteiger partial charge in [0, 0.05) is 46.5 Å². The first-order valence-corrected chi connectivity index (χ1v) is 19.2. The van der Waals surface area contributed by atoms with Crippen molar-refractivity contribution < 1.29 is 28.8 Å². The summed E-state index contributed by atoms with van der Waals surface area (Å²) in [6.45, 7) is 12.6. The number of hydrazine groups is 2. The molecule has 6 amide bonds. The van der Waals surface area contributed by atoms with Crippen molar-refractivity contribution in [3.63, 3.8) is 0 Å². The number of carbonyl (C=O) groups is 6. The predicted molar refractivity (Wildman–Crippen MR) is 223 cm³/mol. The molecule has 0 saturated carbocycles. The summed E-state index contributed by atoms with van der Waals surface area (Å²) in [6, 6.07) is 27.6. The summed E-state index contributed by atoms with van der Waals surface area (Å²) in [7, 11) is 0. The van der Waals surface area contributed by atoms with Crippen LogP contribution in [0.3, 0.4) is 0 Å². The van der Waals surface area contributed by atoms with Crippen LogP contribution in [0.25, 0.3) is 0 Å². The zero-order chi connectivity index (χ0) is 41.6. The Bertz CT molecular complexity index is 1860. The lowest BCUT2D eigenvalue weighted by Crippen LogP contribution is -2.41.